The summed E-state index contributed by atoms with van der Waals surface area (Å²) < 4.78 is 11.4. The molecule has 0 aromatic carbocycles. The number of rotatable bonds is 5. The second-order valence-corrected chi connectivity index (χ2v) is 4.56. The molecule has 1 aromatic rings. The zero-order chi connectivity index (χ0) is 12.8. The highest BCUT2D eigenvalue weighted by molar-refractivity contribution is 5.26. The summed E-state index contributed by atoms with van der Waals surface area (Å²) in [5, 5.41) is 3.34. The summed E-state index contributed by atoms with van der Waals surface area (Å²) in [5.41, 5.74) is 1.13. The summed E-state index contributed by atoms with van der Waals surface area (Å²) in [7, 11) is 1.97. The van der Waals surface area contributed by atoms with Crippen LogP contribution in [0, 0.1) is 0 Å². The highest BCUT2D eigenvalue weighted by atomic mass is 16.5. The van der Waals surface area contributed by atoms with Gasteiger partial charge in [0.05, 0.1) is 24.9 Å². The minimum Gasteiger partial charge on any atom is -0.492 e. The molecular formula is C14H22N2O2. The van der Waals surface area contributed by atoms with Gasteiger partial charge in [0.1, 0.15) is 5.75 Å². The van der Waals surface area contributed by atoms with Gasteiger partial charge >= 0.3 is 0 Å². The fourth-order valence-corrected chi connectivity index (χ4v) is 2.45. The molecule has 2 unspecified atom stereocenters. The van der Waals surface area contributed by atoms with Crippen LogP contribution in [0.2, 0.25) is 0 Å². The van der Waals surface area contributed by atoms with Crippen molar-refractivity contribution in [2.75, 3.05) is 20.3 Å². The molecule has 0 radical (unpaired) electrons. The van der Waals surface area contributed by atoms with E-state index < -0.39 is 0 Å². The molecule has 0 saturated carbocycles. The van der Waals surface area contributed by atoms with Crippen molar-refractivity contribution in [1.29, 1.82) is 0 Å². The molecule has 1 aliphatic rings. The lowest BCUT2D eigenvalue weighted by Crippen LogP contribution is -2.34. The van der Waals surface area contributed by atoms with Crippen molar-refractivity contribution in [3.8, 4) is 5.75 Å². The standard InChI is InChI=1S/C14H22N2O2/c1-3-17-12-8-11(9-16-10-12)14(15-2)13-6-4-5-7-18-13/h8-10,13-15H,3-7H2,1-2H3. The van der Waals surface area contributed by atoms with Crippen LogP contribution in [-0.2, 0) is 4.74 Å². The van der Waals surface area contributed by atoms with Crippen LogP contribution >= 0.6 is 0 Å². The summed E-state index contributed by atoms with van der Waals surface area (Å²) in [6.07, 6.45) is 7.39. The van der Waals surface area contributed by atoms with Gasteiger partial charge in [-0.15, -0.1) is 0 Å². The van der Waals surface area contributed by atoms with E-state index in [9.17, 15) is 0 Å². The van der Waals surface area contributed by atoms with Gasteiger partial charge in [-0.1, -0.05) is 0 Å². The quantitative estimate of drug-likeness (QED) is 0.871. The number of aromatic nitrogens is 1. The van der Waals surface area contributed by atoms with E-state index in [1.807, 2.05) is 20.2 Å². The van der Waals surface area contributed by atoms with Gasteiger partial charge in [-0.3, -0.25) is 4.98 Å². The molecule has 1 aliphatic heterocycles. The maximum Gasteiger partial charge on any atom is 0.137 e. The van der Waals surface area contributed by atoms with Gasteiger partial charge in [0.2, 0.25) is 0 Å². The normalized spacial score (nSPS) is 21.6. The van der Waals surface area contributed by atoms with E-state index in [0.29, 0.717) is 6.61 Å². The fourth-order valence-electron chi connectivity index (χ4n) is 2.45. The number of likely N-dealkylation sites (N-methyl/N-ethyl adjacent to an activating group) is 1. The van der Waals surface area contributed by atoms with Crippen LogP contribution in [0.4, 0.5) is 0 Å². The lowest BCUT2D eigenvalue weighted by atomic mass is 9.97. The molecule has 2 heterocycles. The summed E-state index contributed by atoms with van der Waals surface area (Å²) in [6, 6.07) is 2.24. The van der Waals surface area contributed by atoms with Crippen molar-refractivity contribution < 1.29 is 9.47 Å². The molecule has 1 saturated heterocycles. The van der Waals surface area contributed by atoms with Crippen LogP contribution in [0.3, 0.4) is 0 Å². The SMILES string of the molecule is CCOc1cncc(C(NC)C2CCCCO2)c1. The van der Waals surface area contributed by atoms with Crippen molar-refractivity contribution in [1.82, 2.24) is 10.3 Å². The minimum atomic E-state index is 0.193. The first-order chi connectivity index (χ1) is 8.85. The molecule has 0 bridgehead atoms. The van der Waals surface area contributed by atoms with Crippen LogP contribution in [0.5, 0.6) is 5.75 Å². The molecule has 18 heavy (non-hydrogen) atoms. The highest BCUT2D eigenvalue weighted by Gasteiger charge is 2.25. The molecule has 4 nitrogen and oxygen atoms in total. The smallest absolute Gasteiger partial charge is 0.137 e. The number of nitrogens with one attached hydrogen (secondary N) is 1. The van der Waals surface area contributed by atoms with Crippen LogP contribution in [0.1, 0.15) is 37.8 Å². The van der Waals surface area contributed by atoms with Gasteiger partial charge in [0.15, 0.2) is 0 Å². The van der Waals surface area contributed by atoms with Gasteiger partial charge < -0.3 is 14.8 Å². The second-order valence-electron chi connectivity index (χ2n) is 4.56. The predicted molar refractivity (Wildman–Crippen MR) is 70.8 cm³/mol. The zero-order valence-electron chi connectivity index (χ0n) is 11.2. The lowest BCUT2D eigenvalue weighted by molar-refractivity contribution is -0.00672. The molecule has 2 rings (SSSR count). The van der Waals surface area contributed by atoms with Crippen molar-refractivity contribution >= 4 is 0 Å². The van der Waals surface area contributed by atoms with Gasteiger partial charge in [0.25, 0.3) is 0 Å². The maximum atomic E-state index is 5.85. The molecule has 1 N–H and O–H groups in total. The Morgan fingerprint density at radius 2 is 2.39 bits per heavy atom. The number of hydrogen-bond acceptors (Lipinski definition) is 4. The van der Waals surface area contributed by atoms with Crippen molar-refractivity contribution in [3.05, 3.63) is 24.0 Å². The summed E-state index contributed by atoms with van der Waals surface area (Å²) in [4.78, 5) is 4.25. The van der Waals surface area contributed by atoms with E-state index in [1.54, 1.807) is 6.20 Å². The number of nitrogens with zero attached hydrogens (tertiary/aromatic N) is 1. The predicted octanol–water partition coefficient (Wildman–Crippen LogP) is 2.31. The third-order valence-corrected chi connectivity index (χ3v) is 3.30. The number of pyridine rings is 1. The highest BCUT2D eigenvalue weighted by Crippen LogP contribution is 2.27. The van der Waals surface area contributed by atoms with Gasteiger partial charge in [-0.05, 0) is 44.9 Å². The number of ether oxygens (including phenoxy) is 2. The van der Waals surface area contributed by atoms with Crippen molar-refractivity contribution in [3.63, 3.8) is 0 Å². The summed E-state index contributed by atoms with van der Waals surface area (Å²) in [5.74, 6) is 0.825. The average Bonchev–Trinajstić information content (AvgIpc) is 2.42. The Balaban J connectivity index is 2.12. The van der Waals surface area contributed by atoms with Crippen LogP contribution in [-0.4, -0.2) is 31.3 Å². The molecule has 1 aromatic heterocycles. The molecule has 0 spiro atoms. The molecule has 2 atom stereocenters. The van der Waals surface area contributed by atoms with E-state index >= 15 is 0 Å². The Morgan fingerprint density at radius 3 is 3.06 bits per heavy atom. The largest absolute Gasteiger partial charge is 0.492 e. The van der Waals surface area contributed by atoms with E-state index in [2.05, 4.69) is 16.4 Å². The first kappa shape index (κ1) is 13.3. The molecule has 4 heteroatoms. The van der Waals surface area contributed by atoms with Gasteiger partial charge in [0, 0.05) is 12.8 Å². The van der Waals surface area contributed by atoms with E-state index in [4.69, 9.17) is 9.47 Å². The summed E-state index contributed by atoms with van der Waals surface area (Å²) >= 11 is 0. The Morgan fingerprint density at radius 1 is 1.50 bits per heavy atom. The van der Waals surface area contributed by atoms with Gasteiger partial charge in [-0.2, -0.15) is 0 Å². The third-order valence-electron chi connectivity index (χ3n) is 3.30. The first-order valence-electron chi connectivity index (χ1n) is 6.71. The zero-order valence-corrected chi connectivity index (χ0v) is 11.2. The van der Waals surface area contributed by atoms with E-state index in [-0.39, 0.29) is 12.1 Å². The molecule has 1 fully saturated rings. The van der Waals surface area contributed by atoms with Crippen molar-refractivity contribution in [2.45, 2.75) is 38.3 Å². The van der Waals surface area contributed by atoms with Crippen molar-refractivity contribution in [2.24, 2.45) is 0 Å². The molecule has 0 amide bonds. The summed E-state index contributed by atoms with van der Waals surface area (Å²) in [6.45, 7) is 3.50. The Kier molecular flexibility index (Phi) is 4.96. The Bertz CT molecular complexity index is 365. The molecule has 100 valence electrons. The fraction of sp³-hybridized carbons (Fsp3) is 0.643. The topological polar surface area (TPSA) is 43.4 Å². The van der Waals surface area contributed by atoms with Crippen LogP contribution in [0.25, 0.3) is 0 Å². The minimum absolute atomic E-state index is 0.193. The van der Waals surface area contributed by atoms with E-state index in [0.717, 1.165) is 24.3 Å². The van der Waals surface area contributed by atoms with Crippen LogP contribution in [0.15, 0.2) is 18.5 Å². The first-order valence-corrected chi connectivity index (χ1v) is 6.71. The van der Waals surface area contributed by atoms with Crippen LogP contribution < -0.4 is 10.1 Å². The third kappa shape index (κ3) is 3.21. The monoisotopic (exact) mass is 250 g/mol. The average molecular weight is 250 g/mol. The second kappa shape index (κ2) is 6.71. The lowest BCUT2D eigenvalue weighted by Gasteiger charge is -2.30. The Hall–Kier alpha value is -1.13. The molecular weight excluding hydrogens is 228 g/mol. The van der Waals surface area contributed by atoms with Gasteiger partial charge in [-0.25, -0.2) is 0 Å². The Labute approximate surface area is 109 Å². The number of hydrogen-bond donors (Lipinski definition) is 1. The maximum absolute atomic E-state index is 5.85. The molecule has 0 aliphatic carbocycles. The van der Waals surface area contributed by atoms with E-state index in [1.165, 1.54) is 12.8 Å².